The lowest BCUT2D eigenvalue weighted by atomic mass is 9.87. The van der Waals surface area contributed by atoms with Gasteiger partial charge in [-0.2, -0.15) is 0 Å². The summed E-state index contributed by atoms with van der Waals surface area (Å²) in [6, 6.07) is 0.241. The minimum Gasteiger partial charge on any atom is -0.481 e. The zero-order valence-electron chi connectivity index (χ0n) is 8.03. The Balaban J connectivity index is 2.51. The van der Waals surface area contributed by atoms with Gasteiger partial charge in [0.1, 0.15) is 0 Å². The van der Waals surface area contributed by atoms with Crippen molar-refractivity contribution in [3.8, 4) is 0 Å². The lowest BCUT2D eigenvalue weighted by molar-refractivity contribution is -0.147. The molecule has 0 aromatic carbocycles. The van der Waals surface area contributed by atoms with E-state index in [4.69, 9.17) is 5.11 Å². The van der Waals surface area contributed by atoms with Crippen molar-refractivity contribution in [1.29, 1.82) is 0 Å². The van der Waals surface area contributed by atoms with Gasteiger partial charge in [0.15, 0.2) is 0 Å². The molecule has 3 unspecified atom stereocenters. The van der Waals surface area contributed by atoms with Gasteiger partial charge < -0.3 is 15.5 Å². The van der Waals surface area contributed by atoms with Crippen LogP contribution in [0.1, 0.15) is 20.3 Å². The van der Waals surface area contributed by atoms with Crippen molar-refractivity contribution in [3.63, 3.8) is 0 Å². The Morgan fingerprint density at radius 2 is 2.15 bits per heavy atom. The molecular weight excluding hydrogens is 170 g/mol. The Bertz CT molecular complexity index is 193. The number of hydrogen-bond acceptors (Lipinski definition) is 3. The molecule has 1 fully saturated rings. The largest absolute Gasteiger partial charge is 0.481 e. The van der Waals surface area contributed by atoms with Gasteiger partial charge in [0.05, 0.1) is 12.0 Å². The van der Waals surface area contributed by atoms with E-state index in [0.29, 0.717) is 18.9 Å². The molecule has 3 atom stereocenters. The van der Waals surface area contributed by atoms with Crippen molar-refractivity contribution in [3.05, 3.63) is 0 Å². The maximum atomic E-state index is 10.6. The molecular formula is C9H17NO3. The van der Waals surface area contributed by atoms with Crippen molar-refractivity contribution in [2.75, 3.05) is 6.54 Å². The van der Waals surface area contributed by atoms with Gasteiger partial charge in [-0.25, -0.2) is 0 Å². The summed E-state index contributed by atoms with van der Waals surface area (Å²) in [7, 11) is 0. The topological polar surface area (TPSA) is 69.6 Å². The standard InChI is InChI=1S/C9H17NO3/c1-5(2)7-3-8(11)6(4-10-7)9(12)13/h5-8,10-11H,3-4H2,1-2H3,(H,12,13). The van der Waals surface area contributed by atoms with Gasteiger partial charge in [0.25, 0.3) is 0 Å². The Morgan fingerprint density at radius 3 is 2.54 bits per heavy atom. The van der Waals surface area contributed by atoms with Gasteiger partial charge in [-0.15, -0.1) is 0 Å². The van der Waals surface area contributed by atoms with Crippen molar-refractivity contribution in [2.24, 2.45) is 11.8 Å². The molecule has 1 saturated heterocycles. The van der Waals surface area contributed by atoms with Crippen LogP contribution in [0.5, 0.6) is 0 Å². The first-order chi connectivity index (χ1) is 6.02. The van der Waals surface area contributed by atoms with E-state index in [-0.39, 0.29) is 6.04 Å². The molecule has 4 heteroatoms. The third-order valence-electron chi connectivity index (χ3n) is 2.68. The number of carboxylic acid groups (broad SMARTS) is 1. The molecule has 0 radical (unpaired) electrons. The first-order valence-corrected chi connectivity index (χ1v) is 4.66. The van der Waals surface area contributed by atoms with Crippen LogP contribution in [0, 0.1) is 11.8 Å². The molecule has 1 aliphatic rings. The van der Waals surface area contributed by atoms with Crippen LogP contribution < -0.4 is 5.32 Å². The molecule has 76 valence electrons. The summed E-state index contributed by atoms with van der Waals surface area (Å²) >= 11 is 0. The summed E-state index contributed by atoms with van der Waals surface area (Å²) in [5, 5.41) is 21.4. The summed E-state index contributed by atoms with van der Waals surface area (Å²) < 4.78 is 0. The van der Waals surface area contributed by atoms with Gasteiger partial charge in [0, 0.05) is 12.6 Å². The highest BCUT2D eigenvalue weighted by Crippen LogP contribution is 2.19. The van der Waals surface area contributed by atoms with E-state index >= 15 is 0 Å². The van der Waals surface area contributed by atoms with Crippen LogP contribution >= 0.6 is 0 Å². The fourth-order valence-electron chi connectivity index (χ4n) is 1.68. The van der Waals surface area contributed by atoms with Crippen molar-refractivity contribution >= 4 is 5.97 Å². The van der Waals surface area contributed by atoms with E-state index < -0.39 is 18.0 Å². The Hall–Kier alpha value is -0.610. The fraction of sp³-hybridized carbons (Fsp3) is 0.889. The number of carbonyl (C=O) groups is 1. The molecule has 1 heterocycles. The Labute approximate surface area is 78.0 Å². The number of hydrogen-bond donors (Lipinski definition) is 3. The van der Waals surface area contributed by atoms with Crippen LogP contribution in [0.15, 0.2) is 0 Å². The molecule has 1 rings (SSSR count). The number of rotatable bonds is 2. The van der Waals surface area contributed by atoms with Crippen LogP contribution in [0.4, 0.5) is 0 Å². The van der Waals surface area contributed by atoms with Crippen molar-refractivity contribution in [1.82, 2.24) is 5.32 Å². The highest BCUT2D eigenvalue weighted by molar-refractivity contribution is 5.71. The average Bonchev–Trinajstić information content (AvgIpc) is 2.03. The summed E-state index contributed by atoms with van der Waals surface area (Å²) in [6.07, 6.45) is -0.166. The smallest absolute Gasteiger partial charge is 0.310 e. The summed E-state index contributed by atoms with van der Waals surface area (Å²) in [5.41, 5.74) is 0. The first kappa shape index (κ1) is 10.5. The van der Waals surface area contributed by atoms with E-state index in [1.54, 1.807) is 0 Å². The number of aliphatic hydroxyl groups is 1. The lowest BCUT2D eigenvalue weighted by Gasteiger charge is -2.34. The highest BCUT2D eigenvalue weighted by Gasteiger charge is 2.34. The van der Waals surface area contributed by atoms with Crippen LogP contribution in [-0.4, -0.2) is 34.9 Å². The second kappa shape index (κ2) is 4.07. The van der Waals surface area contributed by atoms with Crippen LogP contribution in [-0.2, 0) is 4.79 Å². The molecule has 0 bridgehead atoms. The Kier molecular flexibility index (Phi) is 3.27. The van der Waals surface area contributed by atoms with Gasteiger partial charge in [-0.05, 0) is 12.3 Å². The van der Waals surface area contributed by atoms with E-state index in [9.17, 15) is 9.90 Å². The SMILES string of the molecule is CC(C)C1CC(O)C(C(=O)O)CN1. The monoisotopic (exact) mass is 187 g/mol. The molecule has 0 saturated carbocycles. The molecule has 4 nitrogen and oxygen atoms in total. The minimum atomic E-state index is -0.915. The van der Waals surface area contributed by atoms with Crippen LogP contribution in [0.2, 0.25) is 0 Å². The van der Waals surface area contributed by atoms with Gasteiger partial charge in [0.2, 0.25) is 0 Å². The van der Waals surface area contributed by atoms with Crippen molar-refractivity contribution < 1.29 is 15.0 Å². The first-order valence-electron chi connectivity index (χ1n) is 4.66. The van der Waals surface area contributed by atoms with Crippen molar-refractivity contribution in [2.45, 2.75) is 32.4 Å². The predicted molar refractivity (Wildman–Crippen MR) is 48.4 cm³/mol. The highest BCUT2D eigenvalue weighted by atomic mass is 16.4. The second-order valence-electron chi connectivity index (χ2n) is 4.01. The van der Waals surface area contributed by atoms with E-state index in [0.717, 1.165) is 0 Å². The number of aliphatic carboxylic acids is 1. The maximum Gasteiger partial charge on any atom is 0.310 e. The number of piperidine rings is 1. The molecule has 0 amide bonds. The summed E-state index contributed by atoms with van der Waals surface area (Å²) in [6.45, 7) is 4.50. The number of nitrogens with one attached hydrogen (secondary N) is 1. The predicted octanol–water partition coefficient (Wildman–Crippen LogP) is 0.0660. The van der Waals surface area contributed by atoms with Gasteiger partial charge >= 0.3 is 5.97 Å². The second-order valence-corrected chi connectivity index (χ2v) is 4.01. The van der Waals surface area contributed by atoms with Crippen LogP contribution in [0.25, 0.3) is 0 Å². The Morgan fingerprint density at radius 1 is 1.54 bits per heavy atom. The maximum absolute atomic E-state index is 10.6. The van der Waals surface area contributed by atoms with E-state index in [1.165, 1.54) is 0 Å². The van der Waals surface area contributed by atoms with Gasteiger partial charge in [-0.3, -0.25) is 4.79 Å². The molecule has 3 N–H and O–H groups in total. The molecule has 0 aromatic rings. The fourth-order valence-corrected chi connectivity index (χ4v) is 1.68. The molecule has 1 aliphatic heterocycles. The zero-order valence-corrected chi connectivity index (χ0v) is 8.03. The molecule has 13 heavy (non-hydrogen) atoms. The third-order valence-corrected chi connectivity index (χ3v) is 2.68. The van der Waals surface area contributed by atoms with E-state index in [2.05, 4.69) is 19.2 Å². The quantitative estimate of drug-likeness (QED) is 0.572. The molecule has 0 aliphatic carbocycles. The third kappa shape index (κ3) is 2.42. The number of aliphatic hydroxyl groups excluding tert-OH is 1. The lowest BCUT2D eigenvalue weighted by Crippen LogP contribution is -2.51. The summed E-state index contributed by atoms with van der Waals surface area (Å²) in [4.78, 5) is 10.6. The molecule has 0 aromatic heterocycles. The van der Waals surface area contributed by atoms with E-state index in [1.807, 2.05) is 0 Å². The zero-order chi connectivity index (χ0) is 10.0. The summed E-state index contributed by atoms with van der Waals surface area (Å²) in [5.74, 6) is -1.12. The van der Waals surface area contributed by atoms with Gasteiger partial charge in [-0.1, -0.05) is 13.8 Å². The minimum absolute atomic E-state index is 0.241. The normalized spacial score (nSPS) is 34.9. The average molecular weight is 187 g/mol. The number of carboxylic acids is 1. The van der Waals surface area contributed by atoms with Crippen LogP contribution in [0.3, 0.4) is 0 Å². The molecule has 0 spiro atoms.